The minimum atomic E-state index is -1.13. The number of rotatable bonds is 7. The Labute approximate surface area is 224 Å². The number of anilines is 3. The number of benzene rings is 1. The van der Waals surface area contributed by atoms with Crippen molar-refractivity contribution in [2.75, 3.05) is 24.9 Å². The summed E-state index contributed by atoms with van der Waals surface area (Å²) in [5, 5.41) is 10.8. The first kappa shape index (κ1) is 25.2. The van der Waals surface area contributed by atoms with Gasteiger partial charge in [-0.05, 0) is 6.07 Å². The van der Waals surface area contributed by atoms with Gasteiger partial charge in [-0.1, -0.05) is 29.8 Å². The number of nitrogens with zero attached hydrogens (tertiary/aromatic N) is 6. The summed E-state index contributed by atoms with van der Waals surface area (Å²) >= 11 is 13.3. The number of pyridine rings is 1. The molecule has 0 aliphatic rings. The lowest BCUT2D eigenvalue weighted by Gasteiger charge is -2.16. The number of halogens is 3. The summed E-state index contributed by atoms with van der Waals surface area (Å²) in [7, 11) is 4.64. The molecule has 2 N–H and O–H groups in total. The van der Waals surface area contributed by atoms with Crippen molar-refractivity contribution in [2.24, 2.45) is 7.05 Å². The summed E-state index contributed by atoms with van der Waals surface area (Å²) in [5.74, 6) is -0.959. The van der Waals surface area contributed by atoms with Gasteiger partial charge in [-0.15, -0.1) is 0 Å². The van der Waals surface area contributed by atoms with Crippen molar-refractivity contribution in [1.82, 2.24) is 29.1 Å². The van der Waals surface area contributed by atoms with E-state index >= 15 is 0 Å². The van der Waals surface area contributed by atoms with E-state index in [0.29, 0.717) is 49.4 Å². The summed E-state index contributed by atoms with van der Waals surface area (Å²) in [6.45, 7) is 3.00. The maximum Gasteiger partial charge on any atom is 0.283 e. The Balaban J connectivity index is 1.62. The molecule has 14 heteroatoms. The Bertz CT molecular complexity index is 1720. The Morgan fingerprint density at radius 3 is 2.47 bits per heavy atom. The van der Waals surface area contributed by atoms with E-state index in [2.05, 4.69) is 37.3 Å². The molecule has 0 fully saturated rings. The fourth-order valence-corrected chi connectivity index (χ4v) is 4.61. The Kier molecular flexibility index (Phi) is 6.51. The standard InChI is InChI=1S/C24H19Cl2FN8O3/c1-11(27)23(36)30-14-10-34(2)33-20(14)31-24-29-9-12-7-13(22-28-5-6-35(22)21(12)32-24)17-18(25)15(37-3)8-16(38-4)19(17)26/h5-10H,1H2,2-4H3,(H,30,36)(H,29,31,32,33). The molecule has 0 radical (unpaired) electrons. The zero-order chi connectivity index (χ0) is 27.1. The third kappa shape index (κ3) is 4.33. The first-order valence-corrected chi connectivity index (χ1v) is 11.7. The van der Waals surface area contributed by atoms with Crippen LogP contribution in [0, 0.1) is 0 Å². The minimum absolute atomic E-state index is 0.174. The van der Waals surface area contributed by atoms with Gasteiger partial charge < -0.3 is 20.1 Å². The van der Waals surface area contributed by atoms with Gasteiger partial charge >= 0.3 is 0 Å². The van der Waals surface area contributed by atoms with Gasteiger partial charge in [-0.25, -0.2) is 14.4 Å². The molecule has 11 nitrogen and oxygen atoms in total. The van der Waals surface area contributed by atoms with Crippen molar-refractivity contribution in [1.29, 1.82) is 0 Å². The molecule has 4 heterocycles. The smallest absolute Gasteiger partial charge is 0.283 e. The largest absolute Gasteiger partial charge is 0.495 e. The zero-order valence-corrected chi connectivity index (χ0v) is 21.7. The number of hydrogen-bond acceptors (Lipinski definition) is 8. The molecule has 5 rings (SSSR count). The Morgan fingerprint density at radius 2 is 1.82 bits per heavy atom. The Morgan fingerprint density at radius 1 is 1.11 bits per heavy atom. The molecule has 1 aromatic carbocycles. The van der Waals surface area contributed by atoms with Crippen LogP contribution in [0.25, 0.3) is 27.8 Å². The number of nitrogens with one attached hydrogen (secondary N) is 2. The van der Waals surface area contributed by atoms with Crippen LogP contribution < -0.4 is 20.1 Å². The van der Waals surface area contributed by atoms with E-state index in [0.717, 1.165) is 0 Å². The Hall–Kier alpha value is -4.42. The molecule has 4 aromatic heterocycles. The van der Waals surface area contributed by atoms with Gasteiger partial charge in [-0.3, -0.25) is 13.9 Å². The van der Waals surface area contributed by atoms with Crippen LogP contribution in [0.5, 0.6) is 11.5 Å². The van der Waals surface area contributed by atoms with E-state index in [1.54, 1.807) is 36.1 Å². The summed E-state index contributed by atoms with van der Waals surface area (Å²) in [6, 6.07) is 3.42. The lowest BCUT2D eigenvalue weighted by Crippen LogP contribution is -2.12. The molecule has 0 saturated heterocycles. The van der Waals surface area contributed by atoms with E-state index in [1.165, 1.54) is 25.1 Å². The number of methoxy groups -OCH3 is 2. The molecule has 38 heavy (non-hydrogen) atoms. The summed E-state index contributed by atoms with van der Waals surface area (Å²) in [5.41, 5.74) is 2.35. The number of aryl methyl sites for hydroxylation is 1. The van der Waals surface area contributed by atoms with Crippen molar-refractivity contribution >= 4 is 63.2 Å². The summed E-state index contributed by atoms with van der Waals surface area (Å²) in [4.78, 5) is 25.3. The van der Waals surface area contributed by atoms with Crippen LogP contribution in [0.1, 0.15) is 0 Å². The van der Waals surface area contributed by atoms with Crippen molar-refractivity contribution in [3.8, 4) is 22.6 Å². The molecule has 0 atom stereocenters. The third-order valence-corrected chi connectivity index (χ3v) is 6.35. The second kappa shape index (κ2) is 9.80. The monoisotopic (exact) mass is 556 g/mol. The fourth-order valence-electron chi connectivity index (χ4n) is 3.91. The second-order valence-corrected chi connectivity index (χ2v) is 8.74. The lowest BCUT2D eigenvalue weighted by atomic mass is 10.0. The number of ether oxygens (including phenoxy) is 2. The van der Waals surface area contributed by atoms with Gasteiger partial charge in [0.25, 0.3) is 5.91 Å². The fraction of sp³-hybridized carbons (Fsp3) is 0.125. The highest BCUT2D eigenvalue weighted by Crippen LogP contribution is 2.47. The minimum Gasteiger partial charge on any atom is -0.495 e. The van der Waals surface area contributed by atoms with E-state index in [1.807, 2.05) is 6.07 Å². The van der Waals surface area contributed by atoms with Gasteiger partial charge in [0, 0.05) is 48.2 Å². The predicted octanol–water partition coefficient (Wildman–Crippen LogP) is 5.17. The van der Waals surface area contributed by atoms with Gasteiger partial charge in [0.1, 0.15) is 22.8 Å². The van der Waals surface area contributed by atoms with Crippen molar-refractivity contribution in [3.05, 3.63) is 59.4 Å². The number of carbonyl (C=O) groups excluding carboxylic acids is 1. The quantitative estimate of drug-likeness (QED) is 0.263. The van der Waals surface area contributed by atoms with Crippen LogP contribution >= 0.6 is 23.2 Å². The van der Waals surface area contributed by atoms with Crippen LogP contribution in [0.2, 0.25) is 10.0 Å². The maximum absolute atomic E-state index is 13.2. The van der Waals surface area contributed by atoms with E-state index in [4.69, 9.17) is 32.7 Å². The highest BCUT2D eigenvalue weighted by atomic mass is 35.5. The van der Waals surface area contributed by atoms with Gasteiger partial charge in [0.05, 0.1) is 30.5 Å². The van der Waals surface area contributed by atoms with Crippen LogP contribution in [0.3, 0.4) is 0 Å². The van der Waals surface area contributed by atoms with Gasteiger partial charge in [0.2, 0.25) is 5.95 Å². The predicted molar refractivity (Wildman–Crippen MR) is 142 cm³/mol. The maximum atomic E-state index is 13.2. The molecule has 194 valence electrons. The van der Waals surface area contributed by atoms with Crippen molar-refractivity contribution in [2.45, 2.75) is 0 Å². The third-order valence-electron chi connectivity index (χ3n) is 5.60. The van der Waals surface area contributed by atoms with E-state index in [9.17, 15) is 9.18 Å². The number of amides is 1. The van der Waals surface area contributed by atoms with Crippen LogP contribution in [-0.4, -0.2) is 49.3 Å². The van der Waals surface area contributed by atoms with Gasteiger partial charge in [0.15, 0.2) is 17.3 Å². The highest BCUT2D eigenvalue weighted by molar-refractivity contribution is 6.41. The lowest BCUT2D eigenvalue weighted by molar-refractivity contribution is -0.114. The molecular weight excluding hydrogens is 538 g/mol. The SMILES string of the molecule is C=C(F)C(=O)Nc1cn(C)nc1Nc1ncc2cc(-c3c(Cl)c(OC)cc(OC)c3Cl)c3nccn3c2n1. The number of carbonyl (C=O) groups is 1. The van der Waals surface area contributed by atoms with Crippen molar-refractivity contribution < 1.29 is 18.7 Å². The second-order valence-electron chi connectivity index (χ2n) is 7.98. The van der Waals surface area contributed by atoms with Crippen LogP contribution in [-0.2, 0) is 11.8 Å². The first-order chi connectivity index (χ1) is 18.2. The van der Waals surface area contributed by atoms with E-state index in [-0.39, 0.29) is 17.5 Å². The average Bonchev–Trinajstić information content (AvgIpc) is 3.51. The summed E-state index contributed by atoms with van der Waals surface area (Å²) in [6.07, 6.45) is 6.44. The van der Waals surface area contributed by atoms with Crippen LogP contribution in [0.15, 0.2) is 49.3 Å². The molecule has 5 aromatic rings. The molecule has 0 aliphatic heterocycles. The van der Waals surface area contributed by atoms with E-state index < -0.39 is 11.7 Å². The number of hydrogen-bond donors (Lipinski definition) is 2. The normalized spacial score (nSPS) is 11.1. The van der Waals surface area contributed by atoms with Crippen LogP contribution in [0.4, 0.5) is 21.8 Å². The highest BCUT2D eigenvalue weighted by Gasteiger charge is 2.23. The molecule has 0 unspecified atom stereocenters. The first-order valence-electron chi connectivity index (χ1n) is 10.9. The topological polar surface area (TPSA) is 120 Å². The summed E-state index contributed by atoms with van der Waals surface area (Å²) < 4.78 is 27.2. The van der Waals surface area contributed by atoms with Crippen molar-refractivity contribution in [3.63, 3.8) is 0 Å². The number of aromatic nitrogens is 6. The average molecular weight is 557 g/mol. The molecule has 0 spiro atoms. The molecule has 0 saturated carbocycles. The molecular formula is C24H19Cl2FN8O3. The zero-order valence-electron chi connectivity index (χ0n) is 20.2. The number of fused-ring (bicyclic) bond motifs is 3. The molecule has 1 amide bonds. The molecule has 0 bridgehead atoms. The molecule has 0 aliphatic carbocycles. The number of imidazole rings is 1. The van der Waals surface area contributed by atoms with Gasteiger partial charge in [-0.2, -0.15) is 10.1 Å².